The first-order chi connectivity index (χ1) is 12.6. The van der Waals surface area contributed by atoms with Crippen molar-refractivity contribution in [2.45, 2.75) is 44.9 Å². The number of halogens is 1. The van der Waals surface area contributed by atoms with E-state index >= 15 is 0 Å². The number of nitrogens with zero attached hydrogens (tertiary/aromatic N) is 1. The van der Waals surface area contributed by atoms with Gasteiger partial charge in [0.1, 0.15) is 10.6 Å². The number of sulfonamides is 1. The molecule has 0 aliphatic heterocycles. The van der Waals surface area contributed by atoms with Gasteiger partial charge in [-0.25, -0.2) is 16.8 Å². The zero-order valence-electron chi connectivity index (χ0n) is 15.9. The van der Waals surface area contributed by atoms with Crippen molar-refractivity contribution in [1.29, 1.82) is 0 Å². The molecule has 1 N–H and O–H groups in total. The van der Waals surface area contributed by atoms with E-state index in [1.54, 1.807) is 13.8 Å². The van der Waals surface area contributed by atoms with Crippen LogP contribution in [0, 0.1) is 0 Å². The van der Waals surface area contributed by atoms with Crippen LogP contribution < -0.4 is 5.32 Å². The summed E-state index contributed by atoms with van der Waals surface area (Å²) in [4.78, 5) is 11.9. The second-order valence-electron chi connectivity index (χ2n) is 6.08. The van der Waals surface area contributed by atoms with Gasteiger partial charge < -0.3 is 5.32 Å². The van der Waals surface area contributed by atoms with Gasteiger partial charge in [0.25, 0.3) is 0 Å². The van der Waals surface area contributed by atoms with Crippen molar-refractivity contribution in [1.82, 2.24) is 4.31 Å². The number of anilines is 1. The third-order valence-electron chi connectivity index (χ3n) is 3.95. The Bertz CT molecular complexity index is 850. The maximum atomic E-state index is 12.7. The number of rotatable bonds is 11. The Morgan fingerprint density at radius 2 is 1.70 bits per heavy atom. The Kier molecular flexibility index (Phi) is 9.20. The number of sulfone groups is 1. The van der Waals surface area contributed by atoms with Gasteiger partial charge in [0.2, 0.25) is 15.9 Å². The van der Waals surface area contributed by atoms with Crippen molar-refractivity contribution in [3.8, 4) is 0 Å². The van der Waals surface area contributed by atoms with Crippen LogP contribution in [0.15, 0.2) is 23.1 Å². The number of unbranched alkanes of at least 4 members (excludes halogenated alkanes) is 2. The zero-order valence-corrected chi connectivity index (χ0v) is 18.3. The number of hydrogen-bond acceptors (Lipinski definition) is 5. The monoisotopic (exact) mass is 438 g/mol. The molecule has 0 aromatic heterocycles. The molecule has 0 saturated carbocycles. The molecule has 0 atom stereocenters. The topological polar surface area (TPSA) is 101 Å². The molecule has 27 heavy (non-hydrogen) atoms. The lowest BCUT2D eigenvalue weighted by molar-refractivity contribution is -0.113. The van der Waals surface area contributed by atoms with Crippen LogP contribution >= 0.6 is 11.6 Å². The highest BCUT2D eigenvalue weighted by Crippen LogP contribution is 2.27. The van der Waals surface area contributed by atoms with E-state index in [1.165, 1.54) is 22.5 Å². The Morgan fingerprint density at radius 3 is 2.26 bits per heavy atom. The lowest BCUT2D eigenvalue weighted by Gasteiger charge is -2.19. The van der Waals surface area contributed by atoms with Crippen molar-refractivity contribution in [2.24, 2.45) is 0 Å². The van der Waals surface area contributed by atoms with Gasteiger partial charge in [-0.3, -0.25) is 4.79 Å². The van der Waals surface area contributed by atoms with Crippen LogP contribution in [0.2, 0.25) is 5.02 Å². The molecule has 0 fully saturated rings. The minimum Gasteiger partial charge on any atom is -0.325 e. The van der Waals surface area contributed by atoms with Gasteiger partial charge in [0.15, 0.2) is 9.84 Å². The summed E-state index contributed by atoms with van der Waals surface area (Å²) < 4.78 is 50.5. The molecule has 7 nitrogen and oxygen atoms in total. The first-order valence-corrected chi connectivity index (χ1v) is 12.5. The minimum absolute atomic E-state index is 0.0343. The Morgan fingerprint density at radius 1 is 1.07 bits per heavy atom. The molecule has 0 aliphatic rings. The molecule has 1 rings (SSSR count). The number of nitrogens with one attached hydrogen (secondary N) is 1. The van der Waals surface area contributed by atoms with Gasteiger partial charge >= 0.3 is 0 Å². The molecule has 0 unspecified atom stereocenters. The average Bonchev–Trinajstić information content (AvgIpc) is 2.56. The number of benzene rings is 1. The van der Waals surface area contributed by atoms with Crippen molar-refractivity contribution in [3.63, 3.8) is 0 Å². The highest BCUT2D eigenvalue weighted by Gasteiger charge is 2.25. The second kappa shape index (κ2) is 10.4. The second-order valence-corrected chi connectivity index (χ2v) is 10.6. The Labute approximate surface area is 167 Å². The Hall–Kier alpha value is -1.16. The van der Waals surface area contributed by atoms with Crippen LogP contribution in [-0.2, 0) is 24.7 Å². The fourth-order valence-electron chi connectivity index (χ4n) is 2.52. The van der Waals surface area contributed by atoms with E-state index < -0.39 is 31.5 Å². The minimum atomic E-state index is -3.81. The van der Waals surface area contributed by atoms with Crippen LogP contribution in [0.3, 0.4) is 0 Å². The largest absolute Gasteiger partial charge is 0.325 e. The van der Waals surface area contributed by atoms with E-state index in [0.717, 1.165) is 12.8 Å². The summed E-state index contributed by atoms with van der Waals surface area (Å²) in [5.74, 6) is -1.39. The maximum absolute atomic E-state index is 12.7. The average molecular weight is 439 g/mol. The quantitative estimate of drug-likeness (QED) is 0.535. The van der Waals surface area contributed by atoms with Crippen molar-refractivity contribution in [3.05, 3.63) is 23.2 Å². The van der Waals surface area contributed by atoms with Gasteiger partial charge in [-0.2, -0.15) is 4.31 Å². The molecule has 0 bridgehead atoms. The van der Waals surface area contributed by atoms with Crippen LogP contribution in [0.4, 0.5) is 5.69 Å². The molecule has 1 aromatic carbocycles. The summed E-state index contributed by atoms with van der Waals surface area (Å²) in [6.07, 6.45) is 2.18. The standard InChI is InChI=1S/C17H27ClN2O5S2/c1-4-7-8-11-26(22,23)13-17(21)19-14-9-10-15(18)16(12-14)27(24,25)20(5-2)6-3/h9-10,12H,4-8,11,13H2,1-3H3,(H,19,21). The van der Waals surface area contributed by atoms with E-state index in [0.29, 0.717) is 6.42 Å². The molecular weight excluding hydrogens is 412 g/mol. The van der Waals surface area contributed by atoms with E-state index in [2.05, 4.69) is 5.32 Å². The van der Waals surface area contributed by atoms with Gasteiger partial charge in [-0.05, 0) is 24.6 Å². The van der Waals surface area contributed by atoms with Gasteiger partial charge in [0.05, 0.1) is 10.8 Å². The maximum Gasteiger partial charge on any atom is 0.244 e. The smallest absolute Gasteiger partial charge is 0.244 e. The highest BCUT2D eigenvalue weighted by molar-refractivity contribution is 7.92. The molecule has 0 heterocycles. The predicted octanol–water partition coefficient (Wildman–Crippen LogP) is 2.91. The molecule has 154 valence electrons. The number of carbonyl (C=O) groups is 1. The summed E-state index contributed by atoms with van der Waals surface area (Å²) in [5, 5.41) is 2.48. The third-order valence-corrected chi connectivity index (χ3v) is 8.09. The SMILES string of the molecule is CCCCCS(=O)(=O)CC(=O)Nc1ccc(Cl)c(S(=O)(=O)N(CC)CC)c1. The van der Waals surface area contributed by atoms with Crippen molar-refractivity contribution < 1.29 is 21.6 Å². The third kappa shape index (κ3) is 7.06. The fourth-order valence-corrected chi connectivity index (χ4v) is 5.74. The van der Waals surface area contributed by atoms with Gasteiger partial charge in [-0.1, -0.05) is 45.2 Å². The van der Waals surface area contributed by atoms with Crippen LogP contribution in [0.1, 0.15) is 40.0 Å². The number of amides is 1. The molecule has 0 spiro atoms. The number of carbonyl (C=O) groups excluding carboxylic acids is 1. The first-order valence-electron chi connectivity index (χ1n) is 8.87. The lowest BCUT2D eigenvalue weighted by atomic mass is 10.3. The molecule has 1 amide bonds. The molecule has 0 saturated heterocycles. The van der Waals surface area contributed by atoms with Crippen LogP contribution in [-0.4, -0.2) is 51.6 Å². The summed E-state index contributed by atoms with van der Waals surface area (Å²) in [6, 6.07) is 4.05. The van der Waals surface area contributed by atoms with Crippen molar-refractivity contribution in [2.75, 3.05) is 29.9 Å². The van der Waals surface area contributed by atoms with E-state index in [4.69, 9.17) is 11.6 Å². The van der Waals surface area contributed by atoms with Gasteiger partial charge in [0, 0.05) is 18.8 Å². The number of hydrogen-bond donors (Lipinski definition) is 1. The summed E-state index contributed by atoms with van der Waals surface area (Å²) in [7, 11) is -7.31. The zero-order chi connectivity index (χ0) is 20.7. The molecular formula is C17H27ClN2O5S2. The normalized spacial score (nSPS) is 12.3. The summed E-state index contributed by atoms with van der Waals surface area (Å²) in [5.41, 5.74) is 0.180. The van der Waals surface area contributed by atoms with Gasteiger partial charge in [-0.15, -0.1) is 0 Å². The molecule has 0 aliphatic carbocycles. The van der Waals surface area contributed by atoms with Crippen LogP contribution in [0.25, 0.3) is 0 Å². The molecule has 0 radical (unpaired) electrons. The highest BCUT2D eigenvalue weighted by atomic mass is 35.5. The van der Waals surface area contributed by atoms with E-state index in [-0.39, 0.29) is 34.4 Å². The Balaban J connectivity index is 2.96. The van der Waals surface area contributed by atoms with Crippen molar-refractivity contribution >= 4 is 43.1 Å². The van der Waals surface area contributed by atoms with E-state index in [1.807, 2.05) is 6.92 Å². The molecule has 10 heteroatoms. The molecule has 1 aromatic rings. The van der Waals surface area contributed by atoms with Crippen LogP contribution in [0.5, 0.6) is 0 Å². The summed E-state index contributed by atoms with van der Waals surface area (Å²) in [6.45, 7) is 5.95. The predicted molar refractivity (Wildman–Crippen MR) is 108 cm³/mol. The summed E-state index contributed by atoms with van der Waals surface area (Å²) >= 11 is 6.04. The first kappa shape index (κ1) is 23.9. The fraction of sp³-hybridized carbons (Fsp3) is 0.588. The lowest BCUT2D eigenvalue weighted by Crippen LogP contribution is -2.31. The van der Waals surface area contributed by atoms with E-state index in [9.17, 15) is 21.6 Å².